The van der Waals surface area contributed by atoms with Crippen LogP contribution in [0.15, 0.2) is 35.5 Å². The molecule has 0 saturated carbocycles. The molecular formula is C18H28N2O2S. The second-order valence-electron chi connectivity index (χ2n) is 6.33. The normalized spacial score (nSPS) is 18.4. The van der Waals surface area contributed by atoms with E-state index in [1.54, 1.807) is 0 Å². The lowest BCUT2D eigenvalue weighted by Gasteiger charge is -2.25. The smallest absolute Gasteiger partial charge is 0.163 e. The van der Waals surface area contributed by atoms with Crippen LogP contribution in [0, 0.1) is 0 Å². The summed E-state index contributed by atoms with van der Waals surface area (Å²) in [5.41, 5.74) is 7.24. The summed E-state index contributed by atoms with van der Waals surface area (Å²) in [6.07, 6.45) is 2.95. The number of nitrogens with zero attached hydrogens (tertiary/aromatic N) is 1. The maximum absolute atomic E-state index is 5.80. The minimum Gasteiger partial charge on any atom is -0.491 e. The molecule has 1 unspecified atom stereocenters. The molecule has 23 heavy (non-hydrogen) atoms. The van der Waals surface area contributed by atoms with Crippen LogP contribution in [0.5, 0.6) is 5.75 Å². The molecule has 0 bridgehead atoms. The van der Waals surface area contributed by atoms with E-state index in [-0.39, 0.29) is 12.3 Å². The first-order valence-corrected chi connectivity index (χ1v) is 9.27. The van der Waals surface area contributed by atoms with Crippen LogP contribution in [-0.4, -0.2) is 29.6 Å². The molecule has 128 valence electrons. The Morgan fingerprint density at radius 3 is 2.35 bits per heavy atom. The molecule has 0 radical (unpaired) electrons. The summed E-state index contributed by atoms with van der Waals surface area (Å²) in [6, 6.07) is 8.73. The maximum atomic E-state index is 5.80. The zero-order valence-electron chi connectivity index (χ0n) is 14.9. The Bertz CT molecular complexity index is 540. The molecule has 0 fully saturated rings. The van der Waals surface area contributed by atoms with Crippen molar-refractivity contribution in [3.63, 3.8) is 0 Å². The van der Waals surface area contributed by atoms with E-state index in [1.165, 1.54) is 28.9 Å². The fourth-order valence-corrected chi connectivity index (χ4v) is 3.11. The van der Waals surface area contributed by atoms with Gasteiger partial charge in [-0.1, -0.05) is 12.1 Å². The van der Waals surface area contributed by atoms with Crippen molar-refractivity contribution in [2.24, 2.45) is 0 Å². The van der Waals surface area contributed by atoms with E-state index < -0.39 is 0 Å². The fraction of sp³-hybridized carbons (Fsp3) is 0.556. The van der Waals surface area contributed by atoms with Crippen LogP contribution in [0.1, 0.15) is 40.2 Å². The molecule has 1 aromatic rings. The maximum Gasteiger partial charge on any atom is 0.163 e. The standard InChI is InChI=1S/C18H28N2O2S/c1-12(2)20-14(5)17(18(19-20)22-23-6)11-15-7-9-16(10-8-15)21-13(3)4/h7-10,12-13,18-19H,11H2,1-6H3. The average molecular weight is 337 g/mol. The highest BCUT2D eigenvalue weighted by molar-refractivity contribution is 7.93. The third kappa shape index (κ3) is 4.66. The molecule has 1 aliphatic heterocycles. The van der Waals surface area contributed by atoms with E-state index in [0.29, 0.717) is 6.04 Å². The average Bonchev–Trinajstić information content (AvgIpc) is 2.78. The Morgan fingerprint density at radius 1 is 1.17 bits per heavy atom. The van der Waals surface area contributed by atoms with E-state index in [2.05, 4.69) is 43.3 Å². The number of nitrogens with one attached hydrogen (secondary N) is 1. The van der Waals surface area contributed by atoms with Crippen molar-refractivity contribution in [2.45, 2.75) is 59.4 Å². The molecule has 1 atom stereocenters. The zero-order valence-corrected chi connectivity index (χ0v) is 15.7. The molecule has 1 heterocycles. The van der Waals surface area contributed by atoms with E-state index >= 15 is 0 Å². The number of benzene rings is 1. The topological polar surface area (TPSA) is 33.7 Å². The summed E-state index contributed by atoms with van der Waals surface area (Å²) >= 11 is 1.39. The highest BCUT2D eigenvalue weighted by Gasteiger charge is 2.30. The van der Waals surface area contributed by atoms with Crippen molar-refractivity contribution in [3.8, 4) is 5.75 Å². The Morgan fingerprint density at radius 2 is 1.83 bits per heavy atom. The number of hydrogen-bond acceptors (Lipinski definition) is 5. The predicted molar refractivity (Wildman–Crippen MR) is 97.1 cm³/mol. The van der Waals surface area contributed by atoms with Gasteiger partial charge in [0.15, 0.2) is 6.23 Å². The Hall–Kier alpha value is -1.17. The van der Waals surface area contributed by atoms with Crippen LogP contribution in [0.2, 0.25) is 0 Å². The molecule has 0 aromatic heterocycles. The molecule has 0 spiro atoms. The van der Waals surface area contributed by atoms with Crippen molar-refractivity contribution in [3.05, 3.63) is 41.1 Å². The van der Waals surface area contributed by atoms with E-state index in [4.69, 9.17) is 8.92 Å². The van der Waals surface area contributed by atoms with Crippen molar-refractivity contribution >= 4 is 12.0 Å². The van der Waals surface area contributed by atoms with E-state index in [0.717, 1.165) is 12.2 Å². The van der Waals surface area contributed by atoms with Crippen molar-refractivity contribution < 1.29 is 8.92 Å². The van der Waals surface area contributed by atoms with Gasteiger partial charge in [0.25, 0.3) is 0 Å². The van der Waals surface area contributed by atoms with E-state index in [9.17, 15) is 0 Å². The van der Waals surface area contributed by atoms with Crippen molar-refractivity contribution in [1.29, 1.82) is 0 Å². The first-order chi connectivity index (χ1) is 10.9. The zero-order chi connectivity index (χ0) is 17.0. The molecule has 0 amide bonds. The van der Waals surface area contributed by atoms with Gasteiger partial charge < -0.3 is 9.75 Å². The number of hydrogen-bond donors (Lipinski definition) is 1. The third-order valence-electron chi connectivity index (χ3n) is 3.80. The highest BCUT2D eigenvalue weighted by Crippen LogP contribution is 2.28. The molecule has 4 nitrogen and oxygen atoms in total. The quantitative estimate of drug-likeness (QED) is 0.757. The molecule has 5 heteroatoms. The molecule has 1 aromatic carbocycles. The predicted octanol–water partition coefficient (Wildman–Crippen LogP) is 4.14. The van der Waals surface area contributed by atoms with Gasteiger partial charge in [-0.25, -0.2) is 5.43 Å². The first kappa shape index (κ1) is 18.2. The largest absolute Gasteiger partial charge is 0.491 e. The van der Waals surface area contributed by atoms with Crippen LogP contribution in [-0.2, 0) is 10.6 Å². The molecule has 1 aliphatic rings. The van der Waals surface area contributed by atoms with Crippen molar-refractivity contribution in [2.75, 3.05) is 6.26 Å². The fourth-order valence-electron chi connectivity index (χ4n) is 2.76. The third-order valence-corrected chi connectivity index (χ3v) is 4.18. The summed E-state index contributed by atoms with van der Waals surface area (Å²) in [5, 5.41) is 2.19. The summed E-state index contributed by atoms with van der Waals surface area (Å²) in [7, 11) is 0. The second kappa shape index (κ2) is 8.08. The van der Waals surface area contributed by atoms with Crippen molar-refractivity contribution in [1.82, 2.24) is 10.4 Å². The first-order valence-electron chi connectivity index (χ1n) is 8.12. The second-order valence-corrected chi connectivity index (χ2v) is 6.86. The summed E-state index contributed by atoms with van der Waals surface area (Å²) in [5.74, 6) is 0.916. The van der Waals surface area contributed by atoms with Crippen LogP contribution < -0.4 is 10.2 Å². The minimum absolute atomic E-state index is 0.0704. The van der Waals surface area contributed by atoms with Gasteiger partial charge in [0.1, 0.15) is 5.75 Å². The molecule has 0 saturated heterocycles. The number of ether oxygens (including phenoxy) is 1. The minimum atomic E-state index is -0.0704. The summed E-state index contributed by atoms with van der Waals surface area (Å²) in [6.45, 7) is 10.6. The Labute approximate surface area is 144 Å². The lowest BCUT2D eigenvalue weighted by molar-refractivity contribution is 0.125. The molecule has 0 aliphatic carbocycles. The number of allylic oxidation sites excluding steroid dienone is 1. The van der Waals surface area contributed by atoms with Gasteiger partial charge in [-0.3, -0.25) is 4.18 Å². The van der Waals surface area contributed by atoms with Crippen LogP contribution in [0.3, 0.4) is 0 Å². The van der Waals surface area contributed by atoms with E-state index in [1.807, 2.05) is 32.2 Å². The van der Waals surface area contributed by atoms with Crippen LogP contribution >= 0.6 is 12.0 Å². The summed E-state index contributed by atoms with van der Waals surface area (Å²) in [4.78, 5) is 0. The molecule has 1 N–H and O–H groups in total. The lowest BCUT2D eigenvalue weighted by atomic mass is 10.0. The SMILES string of the molecule is CSOC1NN(C(C)C)C(C)=C1Cc1ccc(OC(C)C)cc1. The summed E-state index contributed by atoms with van der Waals surface area (Å²) < 4.78 is 11.5. The van der Waals surface area contributed by atoms with Gasteiger partial charge in [0.05, 0.1) is 6.10 Å². The van der Waals surface area contributed by atoms with Gasteiger partial charge in [-0.15, -0.1) is 0 Å². The van der Waals surface area contributed by atoms with Gasteiger partial charge in [0.2, 0.25) is 0 Å². The van der Waals surface area contributed by atoms with Crippen LogP contribution in [0.25, 0.3) is 0 Å². The monoisotopic (exact) mass is 336 g/mol. The number of rotatable bonds is 7. The Kier molecular flexibility index (Phi) is 6.39. The van der Waals surface area contributed by atoms with Gasteiger partial charge >= 0.3 is 0 Å². The van der Waals surface area contributed by atoms with Gasteiger partial charge in [-0.2, -0.15) is 0 Å². The lowest BCUT2D eigenvalue weighted by Crippen LogP contribution is -2.41. The molecular weight excluding hydrogens is 308 g/mol. The van der Waals surface area contributed by atoms with Gasteiger partial charge in [0, 0.05) is 23.6 Å². The Balaban J connectivity index is 2.14. The number of hydrazine groups is 1. The highest BCUT2D eigenvalue weighted by atomic mass is 32.2. The van der Waals surface area contributed by atoms with Gasteiger partial charge in [-0.05, 0) is 70.8 Å². The molecule has 2 rings (SSSR count). The van der Waals surface area contributed by atoms with Crippen LogP contribution in [0.4, 0.5) is 0 Å².